The number of benzene rings is 1. The number of fused-ring (bicyclic) bond motifs is 1. The number of nitrogens with zero attached hydrogens (tertiary/aromatic N) is 2. The highest BCUT2D eigenvalue weighted by molar-refractivity contribution is 6.31. The quantitative estimate of drug-likeness (QED) is 0.683. The second-order valence-corrected chi connectivity index (χ2v) is 9.46. The molecule has 0 radical (unpaired) electrons. The van der Waals surface area contributed by atoms with Crippen molar-refractivity contribution in [2.45, 2.75) is 59.2 Å². The summed E-state index contributed by atoms with van der Waals surface area (Å²) in [5, 5.41) is 4.15. The molecule has 1 aromatic heterocycles. The van der Waals surface area contributed by atoms with Crippen LogP contribution in [-0.2, 0) is 27.2 Å². The van der Waals surface area contributed by atoms with Gasteiger partial charge in [0, 0.05) is 29.2 Å². The van der Waals surface area contributed by atoms with Crippen molar-refractivity contribution in [2.75, 3.05) is 20.2 Å². The Balaban J connectivity index is 1.79. The van der Waals surface area contributed by atoms with Gasteiger partial charge in [-0.05, 0) is 51.8 Å². The van der Waals surface area contributed by atoms with Crippen LogP contribution >= 0.6 is 11.6 Å². The average Bonchev–Trinajstić information content (AvgIpc) is 2.95. The number of methoxy groups -OCH3 is 1. The number of esters is 1. The summed E-state index contributed by atoms with van der Waals surface area (Å²) in [6.45, 7) is 10.1. The van der Waals surface area contributed by atoms with Crippen molar-refractivity contribution in [3.8, 4) is 0 Å². The molecule has 32 heavy (non-hydrogen) atoms. The molecule has 3 rings (SSSR count). The van der Waals surface area contributed by atoms with Gasteiger partial charge < -0.3 is 24.3 Å². The number of halogens is 1. The second-order valence-electron chi connectivity index (χ2n) is 9.02. The van der Waals surface area contributed by atoms with Gasteiger partial charge in [0.25, 0.3) is 0 Å². The fourth-order valence-corrected chi connectivity index (χ4v) is 4.32. The van der Waals surface area contributed by atoms with Crippen LogP contribution in [0.2, 0.25) is 5.02 Å². The van der Waals surface area contributed by atoms with E-state index in [0.29, 0.717) is 35.5 Å². The first-order valence-corrected chi connectivity index (χ1v) is 11.0. The highest BCUT2D eigenvalue weighted by Crippen LogP contribution is 2.32. The molecular formula is C23H30ClN3O5. The molecule has 1 saturated heterocycles. The van der Waals surface area contributed by atoms with Crippen LogP contribution in [0.4, 0.5) is 4.79 Å². The Labute approximate surface area is 192 Å². The SMILES string of the molecule is CCc1c(C(=O)OC)c2cc(Cl)cc(C)c2n1CC(=O)NC1CN(C(=O)OC(C)(C)C)C1. The van der Waals surface area contributed by atoms with E-state index < -0.39 is 11.6 Å². The van der Waals surface area contributed by atoms with E-state index in [1.807, 2.05) is 45.3 Å². The molecular weight excluding hydrogens is 434 g/mol. The Kier molecular flexibility index (Phi) is 6.74. The summed E-state index contributed by atoms with van der Waals surface area (Å²) in [7, 11) is 1.34. The number of rotatable bonds is 5. The van der Waals surface area contributed by atoms with E-state index in [1.54, 1.807) is 11.0 Å². The predicted octanol–water partition coefficient (Wildman–Crippen LogP) is 3.69. The fourth-order valence-electron chi connectivity index (χ4n) is 4.04. The molecule has 2 amide bonds. The molecule has 8 nitrogen and oxygen atoms in total. The maximum atomic E-state index is 12.9. The van der Waals surface area contributed by atoms with Gasteiger partial charge in [0.2, 0.25) is 5.91 Å². The summed E-state index contributed by atoms with van der Waals surface area (Å²) in [4.78, 5) is 39.0. The minimum Gasteiger partial charge on any atom is -0.465 e. The number of carbonyl (C=O) groups is 3. The van der Waals surface area contributed by atoms with Gasteiger partial charge in [-0.1, -0.05) is 18.5 Å². The van der Waals surface area contributed by atoms with Gasteiger partial charge in [-0.3, -0.25) is 4.79 Å². The zero-order valence-corrected chi connectivity index (χ0v) is 20.1. The minimum absolute atomic E-state index is 0.0437. The monoisotopic (exact) mass is 463 g/mol. The summed E-state index contributed by atoms with van der Waals surface area (Å²) in [5.74, 6) is -0.657. The number of aryl methyl sites for hydroxylation is 1. The third-order valence-corrected chi connectivity index (χ3v) is 5.56. The Morgan fingerprint density at radius 3 is 2.44 bits per heavy atom. The fraction of sp³-hybridized carbons (Fsp3) is 0.522. The lowest BCUT2D eigenvalue weighted by Crippen LogP contribution is -2.61. The van der Waals surface area contributed by atoms with Gasteiger partial charge in [0.15, 0.2) is 0 Å². The van der Waals surface area contributed by atoms with E-state index in [9.17, 15) is 14.4 Å². The summed E-state index contributed by atoms with van der Waals surface area (Å²) in [6.07, 6.45) is 0.155. The van der Waals surface area contributed by atoms with E-state index in [0.717, 1.165) is 16.8 Å². The summed E-state index contributed by atoms with van der Waals surface area (Å²) >= 11 is 6.25. The molecule has 0 atom stereocenters. The number of likely N-dealkylation sites (tertiary alicyclic amines) is 1. The molecule has 0 unspecified atom stereocenters. The smallest absolute Gasteiger partial charge is 0.410 e. The van der Waals surface area contributed by atoms with Crippen molar-refractivity contribution >= 4 is 40.5 Å². The Morgan fingerprint density at radius 2 is 1.88 bits per heavy atom. The zero-order valence-electron chi connectivity index (χ0n) is 19.4. The molecule has 0 saturated carbocycles. The molecule has 2 aromatic rings. The van der Waals surface area contributed by atoms with Gasteiger partial charge in [0.1, 0.15) is 12.1 Å². The van der Waals surface area contributed by atoms with E-state index in [1.165, 1.54) is 7.11 Å². The first-order chi connectivity index (χ1) is 14.9. The molecule has 0 bridgehead atoms. The first-order valence-electron chi connectivity index (χ1n) is 10.6. The van der Waals surface area contributed by atoms with Gasteiger partial charge in [-0.15, -0.1) is 0 Å². The summed E-state index contributed by atoms with van der Waals surface area (Å²) in [6, 6.07) is 3.40. The molecule has 1 N–H and O–H groups in total. The van der Waals surface area contributed by atoms with Crippen molar-refractivity contribution in [2.24, 2.45) is 0 Å². The lowest BCUT2D eigenvalue weighted by molar-refractivity contribution is -0.123. The van der Waals surface area contributed by atoms with E-state index in [2.05, 4.69) is 5.32 Å². The number of amides is 2. The van der Waals surface area contributed by atoms with Crippen molar-refractivity contribution in [3.05, 3.63) is 34.0 Å². The Bertz CT molecular complexity index is 1060. The third kappa shape index (κ3) is 4.85. The molecule has 174 valence electrons. The molecule has 0 spiro atoms. The maximum Gasteiger partial charge on any atom is 0.410 e. The van der Waals surface area contributed by atoms with Gasteiger partial charge >= 0.3 is 12.1 Å². The lowest BCUT2D eigenvalue weighted by atomic mass is 10.1. The molecule has 1 aromatic carbocycles. The van der Waals surface area contributed by atoms with Crippen LogP contribution in [0.15, 0.2) is 12.1 Å². The van der Waals surface area contributed by atoms with Gasteiger partial charge in [0.05, 0.1) is 24.2 Å². The van der Waals surface area contributed by atoms with Crippen LogP contribution in [0, 0.1) is 6.92 Å². The Hall–Kier alpha value is -2.74. The van der Waals surface area contributed by atoms with Crippen molar-refractivity contribution in [1.29, 1.82) is 0 Å². The molecule has 2 heterocycles. The highest BCUT2D eigenvalue weighted by Gasteiger charge is 2.35. The molecule has 1 aliphatic heterocycles. The summed E-state index contributed by atoms with van der Waals surface area (Å²) in [5.41, 5.74) is 2.24. The number of nitrogens with one attached hydrogen (secondary N) is 1. The highest BCUT2D eigenvalue weighted by atomic mass is 35.5. The van der Waals surface area contributed by atoms with E-state index in [4.69, 9.17) is 21.1 Å². The van der Waals surface area contributed by atoms with E-state index >= 15 is 0 Å². The van der Waals surface area contributed by atoms with Crippen LogP contribution in [0.3, 0.4) is 0 Å². The summed E-state index contributed by atoms with van der Waals surface area (Å²) < 4.78 is 12.2. The number of carbonyl (C=O) groups excluding carboxylic acids is 3. The van der Waals surface area contributed by atoms with Crippen molar-refractivity contribution < 1.29 is 23.9 Å². The van der Waals surface area contributed by atoms with Crippen LogP contribution in [0.1, 0.15) is 49.3 Å². The molecule has 9 heteroatoms. The van der Waals surface area contributed by atoms with Crippen LogP contribution in [0.5, 0.6) is 0 Å². The average molecular weight is 464 g/mol. The van der Waals surface area contributed by atoms with Gasteiger partial charge in [-0.25, -0.2) is 9.59 Å². The normalized spacial score (nSPS) is 14.3. The van der Waals surface area contributed by atoms with Crippen LogP contribution < -0.4 is 5.32 Å². The van der Waals surface area contributed by atoms with Crippen molar-refractivity contribution in [3.63, 3.8) is 0 Å². The maximum absolute atomic E-state index is 12.9. The molecule has 0 aliphatic carbocycles. The van der Waals surface area contributed by atoms with Gasteiger partial charge in [-0.2, -0.15) is 0 Å². The number of ether oxygens (including phenoxy) is 2. The number of hydrogen-bond donors (Lipinski definition) is 1. The second kappa shape index (κ2) is 9.02. The van der Waals surface area contributed by atoms with E-state index in [-0.39, 0.29) is 24.6 Å². The lowest BCUT2D eigenvalue weighted by Gasteiger charge is -2.40. The third-order valence-electron chi connectivity index (χ3n) is 5.34. The standard InChI is InChI=1S/C23H30ClN3O5/c1-7-17-19(21(29)31-6)16-9-14(24)8-13(2)20(16)27(17)12-18(28)25-15-10-26(11-15)22(30)32-23(3,4)5/h8-9,15H,7,10-12H2,1-6H3,(H,25,28). The van der Waals surface area contributed by atoms with Crippen LogP contribution in [0.25, 0.3) is 10.9 Å². The Morgan fingerprint density at radius 1 is 1.22 bits per heavy atom. The van der Waals surface area contributed by atoms with Crippen LogP contribution in [-0.4, -0.2) is 59.3 Å². The molecule has 1 aliphatic rings. The topological polar surface area (TPSA) is 89.9 Å². The zero-order chi connectivity index (χ0) is 23.8. The number of hydrogen-bond acceptors (Lipinski definition) is 5. The molecule has 1 fully saturated rings. The first kappa shape index (κ1) is 23.9. The minimum atomic E-state index is -0.560. The number of aromatic nitrogens is 1. The predicted molar refractivity (Wildman–Crippen MR) is 122 cm³/mol. The largest absolute Gasteiger partial charge is 0.465 e. The van der Waals surface area contributed by atoms with Crippen molar-refractivity contribution in [1.82, 2.24) is 14.8 Å².